The highest BCUT2D eigenvalue weighted by molar-refractivity contribution is 6.38. The molecule has 10 nitrogen and oxygen atoms in total. The number of hydrogen-bond donors (Lipinski definition) is 3. The Morgan fingerprint density at radius 1 is 1.00 bits per heavy atom. The summed E-state index contributed by atoms with van der Waals surface area (Å²) in [7, 11) is 0. The predicted octanol–water partition coefficient (Wildman–Crippen LogP) is 0.900. The quantitative estimate of drug-likeness (QED) is 0.365. The average Bonchev–Trinajstić information content (AvgIpc) is 3.33. The summed E-state index contributed by atoms with van der Waals surface area (Å²) < 4.78 is 0. The largest absolute Gasteiger partial charge is 0.344 e. The lowest BCUT2D eigenvalue weighted by Gasteiger charge is -2.27. The number of likely N-dealkylation sites (tertiary alicyclic amines) is 1. The van der Waals surface area contributed by atoms with Crippen LogP contribution in [-0.4, -0.2) is 64.0 Å². The van der Waals surface area contributed by atoms with E-state index in [-0.39, 0.29) is 18.9 Å². The molecule has 4 amide bonds. The monoisotopic (exact) mass is 507 g/mol. The molecule has 1 aliphatic heterocycles. The van der Waals surface area contributed by atoms with Crippen molar-refractivity contribution in [3.05, 3.63) is 66.0 Å². The second kappa shape index (κ2) is 13.3. The van der Waals surface area contributed by atoms with Crippen LogP contribution in [-0.2, 0) is 36.9 Å². The summed E-state index contributed by atoms with van der Waals surface area (Å²) in [6, 6.07) is 11.5. The van der Waals surface area contributed by atoms with E-state index in [1.165, 1.54) is 11.8 Å². The van der Waals surface area contributed by atoms with Gasteiger partial charge in [0.05, 0.1) is 12.2 Å². The van der Waals surface area contributed by atoms with Crippen molar-refractivity contribution in [3.63, 3.8) is 0 Å². The fourth-order valence-corrected chi connectivity index (χ4v) is 4.20. The van der Waals surface area contributed by atoms with Gasteiger partial charge >= 0.3 is 0 Å². The molecule has 0 radical (unpaired) electrons. The van der Waals surface area contributed by atoms with Crippen molar-refractivity contribution < 1.29 is 24.0 Å². The minimum atomic E-state index is -1.14. The highest BCUT2D eigenvalue weighted by Crippen LogP contribution is 2.16. The number of amides is 4. The molecule has 0 aliphatic carbocycles. The van der Waals surface area contributed by atoms with Gasteiger partial charge in [0.25, 0.3) is 5.91 Å². The van der Waals surface area contributed by atoms with E-state index in [0.717, 1.165) is 5.56 Å². The zero-order chi connectivity index (χ0) is 26.8. The van der Waals surface area contributed by atoms with Crippen LogP contribution < -0.4 is 16.0 Å². The van der Waals surface area contributed by atoms with Crippen molar-refractivity contribution in [1.82, 2.24) is 25.8 Å². The molecule has 37 heavy (non-hydrogen) atoms. The van der Waals surface area contributed by atoms with Crippen molar-refractivity contribution in [2.75, 3.05) is 6.54 Å². The van der Waals surface area contributed by atoms with E-state index in [1.807, 2.05) is 6.07 Å². The van der Waals surface area contributed by atoms with Gasteiger partial charge in [0.15, 0.2) is 0 Å². The van der Waals surface area contributed by atoms with E-state index in [2.05, 4.69) is 20.9 Å². The number of nitrogens with zero attached hydrogens (tertiary/aromatic N) is 2. The molecular formula is C27H33N5O5. The number of rotatable bonds is 12. The molecule has 1 aliphatic rings. The minimum absolute atomic E-state index is 0.0670. The van der Waals surface area contributed by atoms with Gasteiger partial charge in [-0.05, 0) is 37.5 Å². The van der Waals surface area contributed by atoms with E-state index >= 15 is 0 Å². The normalized spacial score (nSPS) is 15.4. The first-order valence-corrected chi connectivity index (χ1v) is 12.5. The van der Waals surface area contributed by atoms with Crippen LogP contribution in [0.2, 0.25) is 0 Å². The number of ketones is 1. The van der Waals surface area contributed by atoms with Gasteiger partial charge in [-0.1, -0.05) is 43.3 Å². The lowest BCUT2D eigenvalue weighted by Crippen LogP contribution is -2.56. The van der Waals surface area contributed by atoms with Crippen LogP contribution in [0, 0.1) is 0 Å². The predicted molar refractivity (Wildman–Crippen MR) is 136 cm³/mol. The maximum absolute atomic E-state index is 13.0. The van der Waals surface area contributed by atoms with E-state index in [0.29, 0.717) is 31.5 Å². The maximum Gasteiger partial charge on any atom is 0.289 e. The van der Waals surface area contributed by atoms with Crippen molar-refractivity contribution in [2.45, 2.75) is 64.2 Å². The Balaban J connectivity index is 1.65. The third-order valence-electron chi connectivity index (χ3n) is 6.22. The number of Topliss-reactive ketones (excluding diaryl/α,β-unsaturated/α-hetero) is 1. The Hall–Kier alpha value is -4.08. The van der Waals surface area contributed by atoms with Crippen LogP contribution in [0.1, 0.15) is 44.4 Å². The van der Waals surface area contributed by atoms with Gasteiger partial charge in [0.1, 0.15) is 18.1 Å². The van der Waals surface area contributed by atoms with Crippen LogP contribution in [0.15, 0.2) is 54.7 Å². The fourth-order valence-electron chi connectivity index (χ4n) is 4.20. The average molecular weight is 508 g/mol. The number of aromatic nitrogens is 1. The standard InChI is InChI=1S/C27H33N5O5/c1-3-22(32-15-9-13-23(32)33)26(36)30-18(2)25(35)31-21(16-19-10-5-4-6-11-19)24(34)27(37)29-17-20-12-7-8-14-28-20/h4-8,10-12,14,18,21-22H,3,9,13,15-17H2,1-2H3,(H,29,37)(H,30,36)(H,31,35)/t18-,21-,22+/m1/s1. The number of carbonyl (C=O) groups is 5. The van der Waals surface area contributed by atoms with Gasteiger partial charge in [-0.3, -0.25) is 29.0 Å². The van der Waals surface area contributed by atoms with Crippen molar-refractivity contribution in [3.8, 4) is 0 Å². The summed E-state index contributed by atoms with van der Waals surface area (Å²) in [6.07, 6.45) is 3.20. The molecule has 10 heteroatoms. The first-order valence-electron chi connectivity index (χ1n) is 12.5. The van der Waals surface area contributed by atoms with Crippen LogP contribution in [0.25, 0.3) is 0 Å². The van der Waals surface area contributed by atoms with Gasteiger partial charge in [-0.25, -0.2) is 0 Å². The van der Waals surface area contributed by atoms with Crippen LogP contribution in [0.4, 0.5) is 0 Å². The van der Waals surface area contributed by atoms with Crippen molar-refractivity contribution in [2.24, 2.45) is 0 Å². The second-order valence-electron chi connectivity index (χ2n) is 8.96. The van der Waals surface area contributed by atoms with Gasteiger partial charge < -0.3 is 20.9 Å². The molecule has 0 bridgehead atoms. The molecule has 1 aromatic heterocycles. The van der Waals surface area contributed by atoms with E-state index in [1.54, 1.807) is 55.6 Å². The first kappa shape index (κ1) is 27.5. The number of nitrogens with one attached hydrogen (secondary N) is 3. The molecule has 3 rings (SSSR count). The van der Waals surface area contributed by atoms with E-state index < -0.39 is 41.6 Å². The summed E-state index contributed by atoms with van der Waals surface area (Å²) in [5, 5.41) is 7.82. The Morgan fingerprint density at radius 2 is 1.73 bits per heavy atom. The maximum atomic E-state index is 13.0. The van der Waals surface area contributed by atoms with Gasteiger partial charge in [0, 0.05) is 25.6 Å². The molecule has 196 valence electrons. The smallest absolute Gasteiger partial charge is 0.289 e. The van der Waals surface area contributed by atoms with Crippen LogP contribution in [0.3, 0.4) is 0 Å². The van der Waals surface area contributed by atoms with E-state index in [4.69, 9.17) is 0 Å². The fraction of sp³-hybridized carbons (Fsp3) is 0.407. The SMILES string of the molecule is CC[C@@H](C(=O)N[C@H](C)C(=O)N[C@H](Cc1ccccc1)C(=O)C(=O)NCc1ccccn1)N1CCCC1=O. The lowest BCUT2D eigenvalue weighted by molar-refractivity contribution is -0.141. The molecule has 3 atom stereocenters. The molecule has 3 N–H and O–H groups in total. The van der Waals surface area contributed by atoms with E-state index in [9.17, 15) is 24.0 Å². The number of pyridine rings is 1. The summed E-state index contributed by atoms with van der Waals surface area (Å²) in [4.78, 5) is 69.2. The molecular weight excluding hydrogens is 474 g/mol. The molecule has 1 aromatic carbocycles. The molecule has 0 saturated carbocycles. The van der Waals surface area contributed by atoms with Crippen LogP contribution in [0.5, 0.6) is 0 Å². The molecule has 1 saturated heterocycles. The Labute approximate surface area is 216 Å². The topological polar surface area (TPSA) is 138 Å². The highest BCUT2D eigenvalue weighted by Gasteiger charge is 2.34. The van der Waals surface area contributed by atoms with Crippen molar-refractivity contribution >= 4 is 29.4 Å². The third kappa shape index (κ3) is 7.70. The summed E-state index contributed by atoms with van der Waals surface area (Å²) in [6.45, 7) is 3.87. The van der Waals surface area contributed by atoms with Gasteiger partial charge in [0.2, 0.25) is 23.5 Å². The zero-order valence-corrected chi connectivity index (χ0v) is 21.1. The first-order chi connectivity index (χ1) is 17.8. The Bertz CT molecular complexity index is 1110. The molecule has 0 unspecified atom stereocenters. The minimum Gasteiger partial charge on any atom is -0.344 e. The van der Waals surface area contributed by atoms with Crippen LogP contribution >= 0.6 is 0 Å². The van der Waals surface area contributed by atoms with Gasteiger partial charge in [-0.2, -0.15) is 0 Å². The molecule has 0 spiro atoms. The lowest BCUT2D eigenvalue weighted by atomic mass is 10.0. The highest BCUT2D eigenvalue weighted by atomic mass is 16.2. The zero-order valence-electron chi connectivity index (χ0n) is 21.1. The number of benzene rings is 1. The van der Waals surface area contributed by atoms with Crippen molar-refractivity contribution in [1.29, 1.82) is 0 Å². The number of hydrogen-bond acceptors (Lipinski definition) is 6. The molecule has 2 heterocycles. The third-order valence-corrected chi connectivity index (χ3v) is 6.22. The van der Waals surface area contributed by atoms with Gasteiger partial charge in [-0.15, -0.1) is 0 Å². The second-order valence-corrected chi connectivity index (χ2v) is 8.96. The number of carbonyl (C=O) groups excluding carboxylic acids is 5. The summed E-state index contributed by atoms with van der Waals surface area (Å²) in [5.74, 6) is -2.77. The summed E-state index contributed by atoms with van der Waals surface area (Å²) in [5.41, 5.74) is 1.35. The Kier molecular flexibility index (Phi) is 9.88. The molecule has 2 aromatic rings. The summed E-state index contributed by atoms with van der Waals surface area (Å²) >= 11 is 0. The Morgan fingerprint density at radius 3 is 2.35 bits per heavy atom. The molecule has 1 fully saturated rings.